The molecule has 0 spiro atoms. The molecule has 0 saturated carbocycles. The number of thioether (sulfide) groups is 1. The average Bonchev–Trinajstić information content (AvgIpc) is 3.42. The van der Waals surface area contributed by atoms with Crippen LogP contribution in [0.15, 0.2) is 16.7 Å². The number of aliphatic hydroxyl groups excluding tert-OH is 2. The molecular weight excluding hydrogens is 610 g/mol. The van der Waals surface area contributed by atoms with Crippen molar-refractivity contribution in [3.63, 3.8) is 0 Å². The summed E-state index contributed by atoms with van der Waals surface area (Å²) in [5, 5.41) is 30.2. The zero-order valence-electron chi connectivity index (χ0n) is 29.2. The van der Waals surface area contributed by atoms with Gasteiger partial charge in [0.1, 0.15) is 22.5 Å². The van der Waals surface area contributed by atoms with Crippen LogP contribution < -0.4 is 5.32 Å². The number of fused-ring (bicyclic) bond motifs is 1. The lowest BCUT2D eigenvalue weighted by Crippen LogP contribution is -2.45. The standard InChI is InChI=1S/C34H55N3O8S/c1-20-12-11-13-34(9)26(44-34)18-24(43-28(39)19-25(38)33(7,8)30(41)22(3)29(20)40)21(2)16-23-17-27(46-10)36-37(23)15-14-35-31(42)45-32(4,5)6/h16-17,20,22,24-26,29,38,40H,11-15,18-19H2,1-10H3,(H,35,42)/b21-16+/t20-,22+,24-,25-,26-,29-,34+/m0/s1. The quantitative estimate of drug-likeness (QED) is 0.211. The van der Waals surface area contributed by atoms with Crippen LogP contribution in [-0.2, 0) is 30.3 Å². The predicted octanol–water partition coefficient (Wildman–Crippen LogP) is 5.16. The molecule has 0 aromatic carbocycles. The van der Waals surface area contributed by atoms with Crippen molar-refractivity contribution in [2.45, 2.75) is 142 Å². The molecule has 260 valence electrons. The summed E-state index contributed by atoms with van der Waals surface area (Å²) in [6.07, 6.45) is 2.82. The van der Waals surface area contributed by atoms with Crippen LogP contribution in [-0.4, -0.2) is 86.3 Å². The molecule has 0 unspecified atom stereocenters. The minimum Gasteiger partial charge on any atom is -0.458 e. The van der Waals surface area contributed by atoms with E-state index in [1.165, 1.54) is 11.8 Å². The van der Waals surface area contributed by atoms with Crippen molar-refractivity contribution < 1.29 is 38.8 Å². The minimum atomic E-state index is -1.29. The van der Waals surface area contributed by atoms with Crippen molar-refractivity contribution in [3.8, 4) is 0 Å². The molecule has 7 atom stereocenters. The molecule has 3 rings (SSSR count). The molecule has 0 aliphatic carbocycles. The highest BCUT2D eigenvalue weighted by atomic mass is 32.2. The Balaban J connectivity index is 1.85. The van der Waals surface area contributed by atoms with Gasteiger partial charge in [-0.15, -0.1) is 11.8 Å². The highest BCUT2D eigenvalue weighted by Gasteiger charge is 2.53. The number of alkyl carbamates (subject to hydrolysis) is 1. The summed E-state index contributed by atoms with van der Waals surface area (Å²) in [6, 6.07) is 1.94. The largest absolute Gasteiger partial charge is 0.458 e. The van der Waals surface area contributed by atoms with E-state index < -0.39 is 47.3 Å². The van der Waals surface area contributed by atoms with Gasteiger partial charge in [-0.25, -0.2) is 4.79 Å². The second-order valence-corrected chi connectivity index (χ2v) is 15.6. The smallest absolute Gasteiger partial charge is 0.407 e. The van der Waals surface area contributed by atoms with Gasteiger partial charge < -0.3 is 29.7 Å². The Bertz CT molecular complexity index is 1270. The van der Waals surface area contributed by atoms with E-state index in [9.17, 15) is 24.6 Å². The lowest BCUT2D eigenvalue weighted by molar-refractivity contribution is -0.154. The third-order valence-electron chi connectivity index (χ3n) is 9.28. The van der Waals surface area contributed by atoms with Crippen molar-refractivity contribution in [1.82, 2.24) is 15.1 Å². The number of ketones is 1. The zero-order chi connectivity index (χ0) is 34.6. The third kappa shape index (κ3) is 10.0. The number of Topliss-reactive ketones (excluding diaryl/α,β-unsaturated/α-hetero) is 1. The second kappa shape index (κ2) is 15.2. The zero-order valence-corrected chi connectivity index (χ0v) is 30.0. The first-order valence-electron chi connectivity index (χ1n) is 16.3. The van der Waals surface area contributed by atoms with E-state index in [-0.39, 0.29) is 29.8 Å². The molecule has 2 saturated heterocycles. The third-order valence-corrected chi connectivity index (χ3v) is 9.90. The first-order chi connectivity index (χ1) is 21.3. The van der Waals surface area contributed by atoms with E-state index in [0.717, 1.165) is 35.6 Å². The van der Waals surface area contributed by atoms with Gasteiger partial charge in [0.2, 0.25) is 0 Å². The second-order valence-electron chi connectivity index (χ2n) is 14.7. The summed E-state index contributed by atoms with van der Waals surface area (Å²) in [5.41, 5.74) is -0.684. The number of aliphatic hydroxyl groups is 2. The predicted molar refractivity (Wildman–Crippen MR) is 177 cm³/mol. The van der Waals surface area contributed by atoms with E-state index in [4.69, 9.17) is 14.2 Å². The summed E-state index contributed by atoms with van der Waals surface area (Å²) in [7, 11) is 0. The Morgan fingerprint density at radius 3 is 2.54 bits per heavy atom. The van der Waals surface area contributed by atoms with Gasteiger partial charge in [-0.2, -0.15) is 5.10 Å². The first kappa shape index (κ1) is 38.0. The Kier molecular flexibility index (Phi) is 12.6. The molecule has 1 amide bonds. The highest BCUT2D eigenvalue weighted by molar-refractivity contribution is 7.98. The lowest BCUT2D eigenvalue weighted by atomic mass is 9.73. The van der Waals surface area contributed by atoms with Crippen molar-refractivity contribution in [3.05, 3.63) is 17.3 Å². The molecule has 1 aromatic rings. The molecule has 0 bridgehead atoms. The Labute approximate surface area is 278 Å². The lowest BCUT2D eigenvalue weighted by Gasteiger charge is -2.34. The molecule has 2 aliphatic rings. The van der Waals surface area contributed by atoms with Crippen LogP contribution in [0.4, 0.5) is 4.79 Å². The number of hydrogen-bond acceptors (Lipinski definition) is 10. The van der Waals surface area contributed by atoms with E-state index in [0.29, 0.717) is 19.5 Å². The fourth-order valence-corrected chi connectivity index (χ4v) is 6.42. The minimum absolute atomic E-state index is 0.112. The summed E-state index contributed by atoms with van der Waals surface area (Å²) in [5.74, 6) is -1.72. The van der Waals surface area contributed by atoms with Crippen molar-refractivity contribution >= 4 is 35.7 Å². The molecule has 11 nitrogen and oxygen atoms in total. The number of epoxide rings is 1. The summed E-state index contributed by atoms with van der Waals surface area (Å²) in [4.78, 5) is 38.8. The van der Waals surface area contributed by atoms with Gasteiger partial charge in [0.05, 0.1) is 48.0 Å². The number of esters is 1. The van der Waals surface area contributed by atoms with Gasteiger partial charge >= 0.3 is 12.1 Å². The van der Waals surface area contributed by atoms with Crippen molar-refractivity contribution in [2.75, 3.05) is 12.8 Å². The monoisotopic (exact) mass is 665 g/mol. The maximum absolute atomic E-state index is 13.4. The van der Waals surface area contributed by atoms with Crippen molar-refractivity contribution in [1.29, 1.82) is 0 Å². The fourth-order valence-electron chi connectivity index (χ4n) is 6.00. The van der Waals surface area contributed by atoms with Crippen molar-refractivity contribution in [2.24, 2.45) is 17.3 Å². The number of hydrogen-bond donors (Lipinski definition) is 3. The van der Waals surface area contributed by atoms with E-state index in [1.807, 2.05) is 32.2 Å². The molecule has 0 radical (unpaired) electrons. The summed E-state index contributed by atoms with van der Waals surface area (Å²) < 4.78 is 19.3. The number of cyclic esters (lactones) is 1. The number of carbonyl (C=O) groups is 3. The Morgan fingerprint density at radius 2 is 1.91 bits per heavy atom. The van der Waals surface area contributed by atoms with Crippen LogP contribution >= 0.6 is 11.8 Å². The molecular formula is C34H55N3O8S. The van der Waals surface area contributed by atoms with E-state index in [1.54, 1.807) is 46.2 Å². The molecule has 3 N–H and O–H groups in total. The SMILES string of the molecule is CSc1cc(/C=C(\C)[C@@H]2C[C@@H]3O[C@]3(C)CCC[C@H](C)[C@H](O)[C@@H](C)C(=O)C(C)(C)[C@@H](O)CC(=O)O2)n(CCNC(=O)OC(C)(C)C)n1. The number of nitrogens with zero attached hydrogens (tertiary/aromatic N) is 2. The maximum atomic E-state index is 13.4. The molecule has 2 fully saturated rings. The van der Waals surface area contributed by atoms with Gasteiger partial charge in [0.15, 0.2) is 0 Å². The highest BCUT2D eigenvalue weighted by Crippen LogP contribution is 2.45. The number of carbonyl (C=O) groups excluding carboxylic acids is 3. The number of rotatable bonds is 6. The van der Waals surface area contributed by atoms with E-state index >= 15 is 0 Å². The molecule has 2 aliphatic heterocycles. The topological polar surface area (TPSA) is 153 Å². The average molecular weight is 666 g/mol. The first-order valence-corrected chi connectivity index (χ1v) is 17.5. The van der Waals surface area contributed by atoms with Crippen LogP contribution in [0, 0.1) is 17.3 Å². The number of aromatic nitrogens is 2. The van der Waals surface area contributed by atoms with Gasteiger partial charge in [0.25, 0.3) is 0 Å². The maximum Gasteiger partial charge on any atom is 0.407 e. The van der Waals surface area contributed by atoms with Crippen LogP contribution in [0.3, 0.4) is 0 Å². The summed E-state index contributed by atoms with van der Waals surface area (Å²) >= 11 is 1.49. The molecule has 46 heavy (non-hydrogen) atoms. The van der Waals surface area contributed by atoms with Gasteiger partial charge in [-0.3, -0.25) is 14.3 Å². The number of ether oxygens (including phenoxy) is 3. The fraction of sp³-hybridized carbons (Fsp3) is 0.765. The van der Waals surface area contributed by atoms with Gasteiger partial charge in [-0.05, 0) is 77.3 Å². The molecule has 1 aromatic heterocycles. The molecule has 3 heterocycles. The van der Waals surface area contributed by atoms with Crippen LogP contribution in [0.2, 0.25) is 0 Å². The van der Waals surface area contributed by atoms with Gasteiger partial charge in [-0.1, -0.05) is 34.1 Å². The van der Waals surface area contributed by atoms with E-state index in [2.05, 4.69) is 17.3 Å². The Hall–Kier alpha value is -2.41. The van der Waals surface area contributed by atoms with Crippen LogP contribution in [0.25, 0.3) is 6.08 Å². The normalized spacial score (nSPS) is 31.5. The molecule has 12 heteroatoms. The number of amides is 1. The Morgan fingerprint density at radius 1 is 1.24 bits per heavy atom. The summed E-state index contributed by atoms with van der Waals surface area (Å²) in [6.45, 7) is 16.9. The van der Waals surface area contributed by atoms with Crippen LogP contribution in [0.5, 0.6) is 0 Å². The number of nitrogens with one attached hydrogen (secondary N) is 1. The van der Waals surface area contributed by atoms with Gasteiger partial charge in [0, 0.05) is 18.9 Å². The van der Waals surface area contributed by atoms with Crippen LogP contribution in [0.1, 0.15) is 100 Å².